The number of methoxy groups -OCH3 is 1. The van der Waals surface area contributed by atoms with E-state index in [-0.39, 0.29) is 22.5 Å². The van der Waals surface area contributed by atoms with Crippen LogP contribution in [0, 0.1) is 0 Å². The standard InChI is InChI=1S/C15H11F3N4O2/c1-24-14-10(13(19)23)2-7(5-20-14)9-3-8(15(16,17)18)4-12-11(9)6-21-22-12/h2-6H,1H3,(H2,19,23)(H,21,22). The molecule has 0 aliphatic carbocycles. The van der Waals surface area contributed by atoms with Gasteiger partial charge in [0.15, 0.2) is 0 Å². The van der Waals surface area contributed by atoms with Crippen LogP contribution in [0.25, 0.3) is 22.0 Å². The van der Waals surface area contributed by atoms with Gasteiger partial charge in [-0.3, -0.25) is 9.89 Å². The Hall–Kier alpha value is -3.10. The second kappa shape index (κ2) is 5.52. The number of aromatic amines is 1. The summed E-state index contributed by atoms with van der Waals surface area (Å²) in [5.41, 5.74) is 5.15. The molecule has 0 radical (unpaired) electrons. The van der Waals surface area contributed by atoms with Crippen molar-refractivity contribution >= 4 is 16.8 Å². The van der Waals surface area contributed by atoms with Gasteiger partial charge in [0.05, 0.1) is 24.4 Å². The zero-order valence-corrected chi connectivity index (χ0v) is 12.3. The van der Waals surface area contributed by atoms with Gasteiger partial charge in [0, 0.05) is 17.1 Å². The fourth-order valence-electron chi connectivity index (χ4n) is 2.39. The fourth-order valence-corrected chi connectivity index (χ4v) is 2.39. The molecule has 1 aromatic carbocycles. The lowest BCUT2D eigenvalue weighted by Crippen LogP contribution is -2.13. The SMILES string of the molecule is COc1ncc(-c2cc(C(F)(F)F)cc3[nH]ncc23)cc1C(N)=O. The highest BCUT2D eigenvalue weighted by Gasteiger charge is 2.32. The van der Waals surface area contributed by atoms with Gasteiger partial charge >= 0.3 is 6.18 Å². The van der Waals surface area contributed by atoms with Crippen molar-refractivity contribution in [2.75, 3.05) is 7.11 Å². The second-order valence-corrected chi connectivity index (χ2v) is 5.00. The Bertz CT molecular complexity index is 934. The van der Waals surface area contributed by atoms with Gasteiger partial charge in [0.25, 0.3) is 5.91 Å². The lowest BCUT2D eigenvalue weighted by molar-refractivity contribution is -0.137. The number of fused-ring (bicyclic) bond motifs is 1. The normalized spacial score (nSPS) is 11.7. The Kier molecular flexibility index (Phi) is 3.63. The van der Waals surface area contributed by atoms with Crippen LogP contribution in [0.3, 0.4) is 0 Å². The van der Waals surface area contributed by atoms with Crippen LogP contribution in [0.15, 0.2) is 30.6 Å². The molecule has 3 N–H and O–H groups in total. The maximum Gasteiger partial charge on any atom is 0.416 e. The quantitative estimate of drug-likeness (QED) is 0.769. The van der Waals surface area contributed by atoms with E-state index in [0.717, 1.165) is 12.1 Å². The predicted octanol–water partition coefficient (Wildman–Crippen LogP) is 2.75. The zero-order chi connectivity index (χ0) is 17.5. The van der Waals surface area contributed by atoms with E-state index in [1.165, 1.54) is 25.6 Å². The van der Waals surface area contributed by atoms with Crippen LogP contribution in [-0.4, -0.2) is 28.2 Å². The molecule has 3 aromatic rings. The van der Waals surface area contributed by atoms with Crippen LogP contribution in [0.1, 0.15) is 15.9 Å². The summed E-state index contributed by atoms with van der Waals surface area (Å²) in [6, 6.07) is 3.29. The van der Waals surface area contributed by atoms with Gasteiger partial charge in [-0.1, -0.05) is 0 Å². The summed E-state index contributed by atoms with van der Waals surface area (Å²) in [6.07, 6.45) is -1.81. The van der Waals surface area contributed by atoms with Gasteiger partial charge in [-0.25, -0.2) is 4.98 Å². The van der Waals surface area contributed by atoms with Crippen molar-refractivity contribution in [3.63, 3.8) is 0 Å². The van der Waals surface area contributed by atoms with Crippen molar-refractivity contribution < 1.29 is 22.7 Å². The number of benzene rings is 1. The van der Waals surface area contributed by atoms with Crippen LogP contribution in [0.4, 0.5) is 13.2 Å². The summed E-state index contributed by atoms with van der Waals surface area (Å²) in [4.78, 5) is 15.5. The number of hydrogen-bond donors (Lipinski definition) is 2. The highest BCUT2D eigenvalue weighted by molar-refractivity contribution is 5.99. The molecule has 1 amide bonds. The second-order valence-electron chi connectivity index (χ2n) is 5.00. The number of nitrogens with zero attached hydrogens (tertiary/aromatic N) is 2. The first-order valence-corrected chi connectivity index (χ1v) is 6.70. The third-order valence-electron chi connectivity index (χ3n) is 3.51. The maximum atomic E-state index is 13.1. The summed E-state index contributed by atoms with van der Waals surface area (Å²) in [5.74, 6) is -0.793. The molecule has 0 saturated carbocycles. The highest BCUT2D eigenvalue weighted by atomic mass is 19.4. The smallest absolute Gasteiger partial charge is 0.416 e. The number of nitrogens with two attached hydrogens (primary N) is 1. The van der Waals surface area contributed by atoms with E-state index in [1.54, 1.807) is 0 Å². The molecule has 3 rings (SSSR count). The number of carbonyl (C=O) groups is 1. The predicted molar refractivity (Wildman–Crippen MR) is 79.4 cm³/mol. The number of ether oxygens (including phenoxy) is 1. The van der Waals surface area contributed by atoms with E-state index in [9.17, 15) is 18.0 Å². The number of carbonyl (C=O) groups excluding carboxylic acids is 1. The average Bonchev–Trinajstić information content (AvgIpc) is 3.00. The summed E-state index contributed by atoms with van der Waals surface area (Å²) >= 11 is 0. The largest absolute Gasteiger partial charge is 0.480 e. The van der Waals surface area contributed by atoms with Gasteiger partial charge in [0.2, 0.25) is 5.88 Å². The van der Waals surface area contributed by atoms with Crippen molar-refractivity contribution in [3.05, 3.63) is 41.7 Å². The van der Waals surface area contributed by atoms with Crippen LogP contribution < -0.4 is 10.5 Å². The molecular weight excluding hydrogens is 325 g/mol. The summed E-state index contributed by atoms with van der Waals surface area (Å²) in [7, 11) is 1.31. The van der Waals surface area contributed by atoms with Crippen molar-refractivity contribution in [2.45, 2.75) is 6.18 Å². The van der Waals surface area contributed by atoms with Gasteiger partial charge < -0.3 is 10.5 Å². The molecule has 0 fully saturated rings. The number of primary amides is 1. The average molecular weight is 336 g/mol. The Labute approximate surface area is 133 Å². The van der Waals surface area contributed by atoms with Crippen LogP contribution in [-0.2, 0) is 6.18 Å². The Morgan fingerprint density at radius 3 is 2.62 bits per heavy atom. The van der Waals surface area contributed by atoms with E-state index in [1.807, 2.05) is 0 Å². The van der Waals surface area contributed by atoms with Crippen LogP contribution >= 0.6 is 0 Å². The van der Waals surface area contributed by atoms with E-state index < -0.39 is 17.6 Å². The molecule has 9 heteroatoms. The van der Waals surface area contributed by atoms with Crippen molar-refractivity contribution in [2.24, 2.45) is 5.73 Å². The number of aromatic nitrogens is 3. The van der Waals surface area contributed by atoms with Crippen LogP contribution in [0.2, 0.25) is 0 Å². The minimum atomic E-state index is -4.53. The number of H-pyrrole nitrogens is 1. The van der Waals surface area contributed by atoms with E-state index in [2.05, 4.69) is 15.2 Å². The molecule has 0 spiro atoms. The molecule has 24 heavy (non-hydrogen) atoms. The first-order chi connectivity index (χ1) is 11.3. The molecule has 0 saturated heterocycles. The van der Waals surface area contributed by atoms with Gasteiger partial charge in [-0.15, -0.1) is 0 Å². The molecule has 0 bridgehead atoms. The fraction of sp³-hybridized carbons (Fsp3) is 0.133. The van der Waals surface area contributed by atoms with Crippen molar-refractivity contribution in [1.29, 1.82) is 0 Å². The first kappa shape index (κ1) is 15.8. The monoisotopic (exact) mass is 336 g/mol. The van der Waals surface area contributed by atoms with Crippen molar-refractivity contribution in [3.8, 4) is 17.0 Å². The summed E-state index contributed by atoms with van der Waals surface area (Å²) in [6.45, 7) is 0. The number of amides is 1. The summed E-state index contributed by atoms with van der Waals surface area (Å²) < 4.78 is 44.2. The number of alkyl halides is 3. The lowest BCUT2D eigenvalue weighted by atomic mass is 9.99. The lowest BCUT2D eigenvalue weighted by Gasteiger charge is -2.12. The molecule has 2 aromatic heterocycles. The molecular formula is C15H11F3N4O2. The minimum Gasteiger partial charge on any atom is -0.480 e. The molecule has 2 heterocycles. The first-order valence-electron chi connectivity index (χ1n) is 6.70. The topological polar surface area (TPSA) is 93.9 Å². The number of rotatable bonds is 3. The number of nitrogens with one attached hydrogen (secondary N) is 1. The third kappa shape index (κ3) is 2.64. The van der Waals surface area contributed by atoms with Gasteiger partial charge in [0.1, 0.15) is 5.56 Å². The minimum absolute atomic E-state index is 0.00154. The van der Waals surface area contributed by atoms with Crippen LogP contribution in [0.5, 0.6) is 5.88 Å². The molecule has 0 atom stereocenters. The Morgan fingerprint density at radius 2 is 2.00 bits per heavy atom. The van der Waals surface area contributed by atoms with E-state index in [0.29, 0.717) is 10.9 Å². The Balaban J connectivity index is 2.27. The molecule has 0 aliphatic heterocycles. The number of halogens is 3. The van der Waals surface area contributed by atoms with Crippen molar-refractivity contribution in [1.82, 2.24) is 15.2 Å². The van der Waals surface area contributed by atoms with Gasteiger partial charge in [-0.2, -0.15) is 18.3 Å². The molecule has 6 nitrogen and oxygen atoms in total. The van der Waals surface area contributed by atoms with Gasteiger partial charge in [-0.05, 0) is 23.8 Å². The molecule has 124 valence electrons. The van der Waals surface area contributed by atoms with E-state index in [4.69, 9.17) is 10.5 Å². The molecule has 0 unspecified atom stereocenters. The van der Waals surface area contributed by atoms with E-state index >= 15 is 0 Å². The zero-order valence-electron chi connectivity index (χ0n) is 12.3. The number of hydrogen-bond acceptors (Lipinski definition) is 4. The Morgan fingerprint density at radius 1 is 1.25 bits per heavy atom. The highest BCUT2D eigenvalue weighted by Crippen LogP contribution is 2.37. The maximum absolute atomic E-state index is 13.1. The molecule has 0 aliphatic rings. The summed E-state index contributed by atoms with van der Waals surface area (Å²) in [5, 5.41) is 6.75. The number of pyridine rings is 1. The third-order valence-corrected chi connectivity index (χ3v) is 3.51.